The van der Waals surface area contributed by atoms with Gasteiger partial charge in [0.1, 0.15) is 5.82 Å². The Morgan fingerprint density at radius 2 is 2.10 bits per heavy atom. The summed E-state index contributed by atoms with van der Waals surface area (Å²) >= 11 is 6.22. The van der Waals surface area contributed by atoms with Gasteiger partial charge in [-0.2, -0.15) is 0 Å². The Morgan fingerprint density at radius 1 is 1.19 bits per heavy atom. The first-order valence-electron chi connectivity index (χ1n) is 8.22. The normalized spacial score (nSPS) is 32.0. The lowest BCUT2D eigenvalue weighted by atomic mass is 9.93. The molecule has 1 N–H and O–H groups in total. The van der Waals surface area contributed by atoms with Crippen molar-refractivity contribution >= 4 is 22.6 Å². The highest BCUT2D eigenvalue weighted by molar-refractivity contribution is 6.31. The van der Waals surface area contributed by atoms with E-state index in [0.717, 1.165) is 22.4 Å². The van der Waals surface area contributed by atoms with E-state index in [1.807, 2.05) is 6.07 Å². The van der Waals surface area contributed by atoms with E-state index >= 15 is 0 Å². The van der Waals surface area contributed by atoms with Crippen LogP contribution in [0.3, 0.4) is 0 Å². The molecular formula is C17H20ClN3. The first kappa shape index (κ1) is 12.5. The van der Waals surface area contributed by atoms with E-state index in [0.29, 0.717) is 12.1 Å². The van der Waals surface area contributed by atoms with Crippen molar-refractivity contribution in [1.82, 2.24) is 14.9 Å². The lowest BCUT2D eigenvalue weighted by Crippen LogP contribution is -2.22. The highest BCUT2D eigenvalue weighted by atomic mass is 35.5. The van der Waals surface area contributed by atoms with E-state index in [4.69, 9.17) is 16.6 Å². The maximum absolute atomic E-state index is 6.22. The molecule has 3 nitrogen and oxygen atoms in total. The minimum Gasteiger partial charge on any atom is -0.323 e. The van der Waals surface area contributed by atoms with Crippen molar-refractivity contribution in [2.24, 2.45) is 11.8 Å². The molecule has 21 heavy (non-hydrogen) atoms. The predicted octanol–water partition coefficient (Wildman–Crippen LogP) is 4.09. The number of halogens is 1. The minimum absolute atomic E-state index is 0.448. The maximum atomic E-state index is 6.22. The summed E-state index contributed by atoms with van der Waals surface area (Å²) in [5.41, 5.74) is 2.33. The summed E-state index contributed by atoms with van der Waals surface area (Å²) < 4.78 is 2.49. The molecule has 0 amide bonds. The zero-order valence-electron chi connectivity index (χ0n) is 12.1. The first-order valence-corrected chi connectivity index (χ1v) is 8.60. The van der Waals surface area contributed by atoms with Crippen molar-refractivity contribution in [2.75, 3.05) is 6.54 Å². The summed E-state index contributed by atoms with van der Waals surface area (Å²) in [4.78, 5) is 5.00. The first-order chi connectivity index (χ1) is 10.3. The SMILES string of the molecule is Clc1ccc2nc(C3NCC4CCCC43)n(C3CC3)c2c1. The van der Waals surface area contributed by atoms with Crippen molar-refractivity contribution in [3.63, 3.8) is 0 Å². The monoisotopic (exact) mass is 301 g/mol. The second kappa shape index (κ2) is 4.47. The Labute approximate surface area is 129 Å². The summed E-state index contributed by atoms with van der Waals surface area (Å²) in [5, 5.41) is 4.57. The number of hydrogen-bond donors (Lipinski definition) is 1. The van der Waals surface area contributed by atoms with Gasteiger partial charge in [0, 0.05) is 11.1 Å². The fraction of sp³-hybridized carbons (Fsp3) is 0.588. The number of aromatic nitrogens is 2. The molecule has 0 spiro atoms. The molecule has 2 heterocycles. The summed E-state index contributed by atoms with van der Waals surface area (Å²) in [6.07, 6.45) is 6.71. The van der Waals surface area contributed by atoms with Crippen LogP contribution in [0.5, 0.6) is 0 Å². The van der Waals surface area contributed by atoms with Gasteiger partial charge in [-0.1, -0.05) is 18.0 Å². The van der Waals surface area contributed by atoms with E-state index in [-0.39, 0.29) is 0 Å². The van der Waals surface area contributed by atoms with Crippen LogP contribution >= 0.6 is 11.6 Å². The van der Waals surface area contributed by atoms with Crippen LogP contribution in [0.1, 0.15) is 50.0 Å². The van der Waals surface area contributed by atoms with Crippen molar-refractivity contribution in [1.29, 1.82) is 0 Å². The molecule has 3 unspecified atom stereocenters. The summed E-state index contributed by atoms with van der Waals surface area (Å²) in [7, 11) is 0. The lowest BCUT2D eigenvalue weighted by Gasteiger charge is -2.19. The van der Waals surface area contributed by atoms with E-state index in [1.165, 1.54) is 50.0 Å². The van der Waals surface area contributed by atoms with Crippen LogP contribution in [0, 0.1) is 11.8 Å². The zero-order chi connectivity index (χ0) is 14.0. The van der Waals surface area contributed by atoms with E-state index in [2.05, 4.69) is 22.0 Å². The van der Waals surface area contributed by atoms with Gasteiger partial charge >= 0.3 is 0 Å². The molecule has 2 aromatic rings. The number of benzene rings is 1. The number of nitrogens with zero attached hydrogens (tertiary/aromatic N) is 2. The van der Waals surface area contributed by atoms with Crippen molar-refractivity contribution in [3.8, 4) is 0 Å². The molecule has 5 rings (SSSR count). The molecule has 4 heteroatoms. The molecule has 2 aliphatic carbocycles. The van der Waals surface area contributed by atoms with Gasteiger partial charge in [0.05, 0.1) is 17.1 Å². The average molecular weight is 302 g/mol. The molecule has 0 radical (unpaired) electrons. The fourth-order valence-corrected chi connectivity index (χ4v) is 4.66. The molecule has 3 atom stereocenters. The third kappa shape index (κ3) is 1.87. The van der Waals surface area contributed by atoms with Gasteiger partial charge in [0.2, 0.25) is 0 Å². The number of fused-ring (bicyclic) bond motifs is 2. The molecule has 1 aliphatic heterocycles. The lowest BCUT2D eigenvalue weighted by molar-refractivity contribution is 0.398. The second-order valence-electron chi connectivity index (χ2n) is 6.94. The van der Waals surface area contributed by atoms with Crippen molar-refractivity contribution in [3.05, 3.63) is 29.0 Å². The Bertz CT molecular complexity index is 703. The van der Waals surface area contributed by atoms with Crippen LogP contribution in [-0.4, -0.2) is 16.1 Å². The summed E-state index contributed by atoms with van der Waals surface area (Å²) in [6, 6.07) is 7.21. The number of imidazole rings is 1. The van der Waals surface area contributed by atoms with Gasteiger partial charge in [0.15, 0.2) is 0 Å². The van der Waals surface area contributed by atoms with Gasteiger partial charge in [-0.05, 0) is 62.3 Å². The van der Waals surface area contributed by atoms with Crippen LogP contribution in [-0.2, 0) is 0 Å². The number of rotatable bonds is 2. The van der Waals surface area contributed by atoms with Crippen LogP contribution in [0.15, 0.2) is 18.2 Å². The maximum Gasteiger partial charge on any atom is 0.127 e. The standard InChI is InChI=1S/C17H20ClN3/c18-11-4-7-14-15(8-11)21(12-5-6-12)17(20-14)16-13-3-1-2-10(13)9-19-16/h4,7-8,10,12-13,16,19H,1-3,5-6,9H2. The molecule has 1 saturated heterocycles. The summed E-state index contributed by atoms with van der Waals surface area (Å²) in [5.74, 6) is 2.92. The van der Waals surface area contributed by atoms with Gasteiger partial charge in [-0.25, -0.2) is 4.98 Å². The fourth-order valence-electron chi connectivity index (χ4n) is 4.49. The third-order valence-electron chi connectivity index (χ3n) is 5.61. The van der Waals surface area contributed by atoms with Gasteiger partial charge in [0.25, 0.3) is 0 Å². The van der Waals surface area contributed by atoms with Gasteiger partial charge < -0.3 is 9.88 Å². The summed E-state index contributed by atoms with van der Waals surface area (Å²) in [6.45, 7) is 1.17. The Morgan fingerprint density at radius 3 is 2.95 bits per heavy atom. The quantitative estimate of drug-likeness (QED) is 0.905. The molecule has 1 aromatic carbocycles. The third-order valence-corrected chi connectivity index (χ3v) is 5.85. The molecular weight excluding hydrogens is 282 g/mol. The van der Waals surface area contributed by atoms with E-state index in [1.54, 1.807) is 0 Å². The highest BCUT2D eigenvalue weighted by Crippen LogP contribution is 2.47. The van der Waals surface area contributed by atoms with Crippen LogP contribution in [0.25, 0.3) is 11.0 Å². The Kier molecular flexibility index (Phi) is 2.65. The molecule has 0 bridgehead atoms. The Balaban J connectivity index is 1.67. The Hall–Kier alpha value is -1.06. The molecule has 3 aliphatic rings. The van der Waals surface area contributed by atoms with Crippen molar-refractivity contribution in [2.45, 2.75) is 44.2 Å². The number of hydrogen-bond acceptors (Lipinski definition) is 2. The molecule has 1 aromatic heterocycles. The molecule has 3 fully saturated rings. The number of nitrogens with one attached hydrogen (secondary N) is 1. The minimum atomic E-state index is 0.448. The second-order valence-corrected chi connectivity index (χ2v) is 7.38. The van der Waals surface area contributed by atoms with E-state index in [9.17, 15) is 0 Å². The molecule has 2 saturated carbocycles. The molecule has 110 valence electrons. The van der Waals surface area contributed by atoms with Crippen LogP contribution in [0.2, 0.25) is 5.02 Å². The zero-order valence-corrected chi connectivity index (χ0v) is 12.8. The van der Waals surface area contributed by atoms with Gasteiger partial charge in [-0.15, -0.1) is 0 Å². The average Bonchev–Trinajstić information content (AvgIpc) is 2.93. The largest absolute Gasteiger partial charge is 0.323 e. The van der Waals surface area contributed by atoms with E-state index < -0.39 is 0 Å². The van der Waals surface area contributed by atoms with Crippen LogP contribution < -0.4 is 5.32 Å². The predicted molar refractivity (Wildman–Crippen MR) is 84.6 cm³/mol. The smallest absolute Gasteiger partial charge is 0.127 e. The topological polar surface area (TPSA) is 29.9 Å². The van der Waals surface area contributed by atoms with Crippen molar-refractivity contribution < 1.29 is 0 Å². The van der Waals surface area contributed by atoms with Gasteiger partial charge in [-0.3, -0.25) is 0 Å². The van der Waals surface area contributed by atoms with Crippen LogP contribution in [0.4, 0.5) is 0 Å². The highest BCUT2D eigenvalue weighted by Gasteiger charge is 2.43.